The topological polar surface area (TPSA) is 79.6 Å². The molecule has 2 N–H and O–H groups in total. The van der Waals surface area contributed by atoms with Gasteiger partial charge in [0.2, 0.25) is 0 Å². The van der Waals surface area contributed by atoms with Gasteiger partial charge < -0.3 is 10.6 Å². The number of hydrogen-bond donors (Lipinski definition) is 2. The minimum Gasteiger partial charge on any atom is -0.352 e. The molecular formula is C17H19ClN4O2. The zero-order chi connectivity index (χ0) is 17.5. The first kappa shape index (κ1) is 17.7. The molecule has 0 aliphatic rings. The first-order valence-electron chi connectivity index (χ1n) is 7.45. The summed E-state index contributed by atoms with van der Waals surface area (Å²) in [5.74, 6) is 0.649. The van der Waals surface area contributed by atoms with E-state index in [1.165, 1.54) is 12.1 Å². The molecule has 2 aromatic carbocycles. The molecule has 2 aromatic rings. The van der Waals surface area contributed by atoms with Gasteiger partial charge in [-0.05, 0) is 30.2 Å². The number of aliphatic imine (C=N–C) groups is 1. The molecule has 0 bridgehead atoms. The molecule has 0 heterocycles. The van der Waals surface area contributed by atoms with Crippen molar-refractivity contribution in [2.45, 2.75) is 19.5 Å². The average molecular weight is 347 g/mol. The second-order valence-electron chi connectivity index (χ2n) is 5.27. The van der Waals surface area contributed by atoms with E-state index >= 15 is 0 Å². The fraction of sp³-hybridized carbons (Fsp3) is 0.235. The van der Waals surface area contributed by atoms with Crippen LogP contribution < -0.4 is 10.6 Å². The normalized spacial score (nSPS) is 12.5. The van der Waals surface area contributed by atoms with Gasteiger partial charge in [-0.2, -0.15) is 0 Å². The van der Waals surface area contributed by atoms with Crippen molar-refractivity contribution in [2.75, 3.05) is 7.05 Å². The van der Waals surface area contributed by atoms with Gasteiger partial charge in [0.25, 0.3) is 5.69 Å². The van der Waals surface area contributed by atoms with Crippen LogP contribution in [-0.4, -0.2) is 17.9 Å². The molecule has 0 fully saturated rings. The highest BCUT2D eigenvalue weighted by molar-refractivity contribution is 6.30. The molecule has 0 saturated carbocycles. The molecule has 0 aromatic heterocycles. The summed E-state index contributed by atoms with van der Waals surface area (Å²) in [6.45, 7) is 2.55. The minimum atomic E-state index is -0.411. The smallest absolute Gasteiger partial charge is 0.269 e. The quantitative estimate of drug-likeness (QED) is 0.374. The second kappa shape index (κ2) is 8.31. The number of nitrogens with one attached hydrogen (secondary N) is 2. The Kier molecular flexibility index (Phi) is 6.14. The maximum absolute atomic E-state index is 10.7. The van der Waals surface area contributed by atoms with Crippen LogP contribution in [0, 0.1) is 10.1 Å². The Bertz CT molecular complexity index is 714. The van der Waals surface area contributed by atoms with Crippen molar-refractivity contribution in [3.8, 4) is 0 Å². The van der Waals surface area contributed by atoms with Gasteiger partial charge >= 0.3 is 0 Å². The van der Waals surface area contributed by atoms with E-state index in [-0.39, 0.29) is 11.7 Å². The van der Waals surface area contributed by atoms with Gasteiger partial charge in [0.15, 0.2) is 5.96 Å². The molecule has 126 valence electrons. The maximum atomic E-state index is 10.7. The fourth-order valence-electron chi connectivity index (χ4n) is 2.16. The maximum Gasteiger partial charge on any atom is 0.269 e. The standard InChI is InChI=1S/C17H19ClN4O2/c1-12(14-5-7-15(18)8-6-14)21-17(19-2)20-11-13-3-9-16(10-4-13)22(23)24/h3-10,12H,11H2,1-2H3,(H2,19,20,21). The van der Waals surface area contributed by atoms with Crippen molar-refractivity contribution in [3.63, 3.8) is 0 Å². The highest BCUT2D eigenvalue weighted by Crippen LogP contribution is 2.16. The number of nitro groups is 1. The molecule has 1 unspecified atom stereocenters. The zero-order valence-corrected chi connectivity index (χ0v) is 14.2. The highest BCUT2D eigenvalue weighted by Gasteiger charge is 2.08. The number of nitro benzene ring substituents is 1. The number of hydrogen-bond acceptors (Lipinski definition) is 3. The zero-order valence-electron chi connectivity index (χ0n) is 13.5. The SMILES string of the molecule is CN=C(NCc1ccc([N+](=O)[O-])cc1)NC(C)c1ccc(Cl)cc1. The van der Waals surface area contributed by atoms with Crippen molar-refractivity contribution in [1.29, 1.82) is 0 Å². The summed E-state index contributed by atoms with van der Waals surface area (Å²) in [7, 11) is 1.69. The molecule has 0 spiro atoms. The van der Waals surface area contributed by atoms with Gasteiger partial charge in [0.05, 0.1) is 11.0 Å². The molecule has 24 heavy (non-hydrogen) atoms. The molecule has 0 saturated heterocycles. The first-order chi connectivity index (χ1) is 11.5. The molecule has 7 heteroatoms. The van der Waals surface area contributed by atoms with Crippen LogP contribution in [0.25, 0.3) is 0 Å². The van der Waals surface area contributed by atoms with Gasteiger partial charge in [-0.3, -0.25) is 15.1 Å². The Balaban J connectivity index is 1.92. The highest BCUT2D eigenvalue weighted by atomic mass is 35.5. The Labute approximate surface area is 145 Å². The Hall–Kier alpha value is -2.60. The lowest BCUT2D eigenvalue weighted by Crippen LogP contribution is -2.38. The van der Waals surface area contributed by atoms with Crippen molar-refractivity contribution in [3.05, 3.63) is 74.8 Å². The van der Waals surface area contributed by atoms with E-state index in [4.69, 9.17) is 11.6 Å². The summed E-state index contributed by atoms with van der Waals surface area (Å²) in [4.78, 5) is 14.4. The predicted molar refractivity (Wildman–Crippen MR) is 96.3 cm³/mol. The lowest BCUT2D eigenvalue weighted by molar-refractivity contribution is -0.384. The van der Waals surface area contributed by atoms with Crippen LogP contribution in [0.2, 0.25) is 5.02 Å². The number of nitrogens with zero attached hydrogens (tertiary/aromatic N) is 2. The van der Waals surface area contributed by atoms with Gasteiger partial charge in [-0.25, -0.2) is 0 Å². The summed E-state index contributed by atoms with van der Waals surface area (Å²) >= 11 is 5.90. The molecule has 0 amide bonds. The van der Waals surface area contributed by atoms with E-state index in [2.05, 4.69) is 15.6 Å². The molecule has 0 aliphatic heterocycles. The van der Waals surface area contributed by atoms with E-state index in [1.54, 1.807) is 19.2 Å². The van der Waals surface area contributed by atoms with E-state index < -0.39 is 4.92 Å². The Morgan fingerprint density at radius 2 is 1.83 bits per heavy atom. The third-order valence-corrected chi connectivity index (χ3v) is 3.81. The van der Waals surface area contributed by atoms with E-state index in [0.29, 0.717) is 17.5 Å². The number of rotatable bonds is 5. The molecule has 6 nitrogen and oxygen atoms in total. The van der Waals surface area contributed by atoms with E-state index in [1.807, 2.05) is 31.2 Å². The predicted octanol–water partition coefficient (Wildman–Crippen LogP) is 3.67. The van der Waals surface area contributed by atoms with E-state index in [9.17, 15) is 10.1 Å². The third-order valence-electron chi connectivity index (χ3n) is 3.55. The van der Waals surface area contributed by atoms with Crippen molar-refractivity contribution < 1.29 is 4.92 Å². The van der Waals surface area contributed by atoms with Crippen LogP contribution in [0.15, 0.2) is 53.5 Å². The van der Waals surface area contributed by atoms with Gasteiger partial charge in [0, 0.05) is 30.7 Å². The van der Waals surface area contributed by atoms with Gasteiger partial charge in [-0.15, -0.1) is 0 Å². The van der Waals surface area contributed by atoms with Crippen LogP contribution in [0.1, 0.15) is 24.1 Å². The summed E-state index contributed by atoms with van der Waals surface area (Å²) in [6.07, 6.45) is 0. The van der Waals surface area contributed by atoms with Crippen molar-refractivity contribution in [2.24, 2.45) is 4.99 Å². The number of non-ortho nitro benzene ring substituents is 1. The first-order valence-corrected chi connectivity index (χ1v) is 7.83. The average Bonchev–Trinajstić information content (AvgIpc) is 2.59. The third kappa shape index (κ3) is 4.96. The molecule has 0 aliphatic carbocycles. The lowest BCUT2D eigenvalue weighted by atomic mass is 10.1. The van der Waals surface area contributed by atoms with Crippen molar-refractivity contribution in [1.82, 2.24) is 10.6 Å². The number of halogens is 1. The monoisotopic (exact) mass is 346 g/mol. The van der Waals surface area contributed by atoms with Crippen LogP contribution in [0.5, 0.6) is 0 Å². The van der Waals surface area contributed by atoms with Crippen molar-refractivity contribution >= 4 is 23.2 Å². The Morgan fingerprint density at radius 1 is 1.21 bits per heavy atom. The largest absolute Gasteiger partial charge is 0.352 e. The summed E-state index contributed by atoms with van der Waals surface area (Å²) in [5, 5.41) is 17.8. The summed E-state index contributed by atoms with van der Waals surface area (Å²) < 4.78 is 0. The van der Waals surface area contributed by atoms with E-state index in [0.717, 1.165) is 11.1 Å². The number of benzene rings is 2. The van der Waals surface area contributed by atoms with Crippen LogP contribution in [0.4, 0.5) is 5.69 Å². The van der Waals surface area contributed by atoms with Crippen LogP contribution in [-0.2, 0) is 6.54 Å². The molecule has 0 radical (unpaired) electrons. The second-order valence-corrected chi connectivity index (χ2v) is 5.70. The van der Waals surface area contributed by atoms with Crippen LogP contribution >= 0.6 is 11.6 Å². The summed E-state index contributed by atoms with van der Waals surface area (Å²) in [5.41, 5.74) is 2.11. The van der Waals surface area contributed by atoms with Crippen LogP contribution in [0.3, 0.4) is 0 Å². The minimum absolute atomic E-state index is 0.0605. The van der Waals surface area contributed by atoms with Gasteiger partial charge in [-0.1, -0.05) is 35.9 Å². The molecular weight excluding hydrogens is 328 g/mol. The van der Waals surface area contributed by atoms with Gasteiger partial charge in [0.1, 0.15) is 0 Å². The lowest BCUT2D eigenvalue weighted by Gasteiger charge is -2.18. The Morgan fingerprint density at radius 3 is 2.38 bits per heavy atom. The fourth-order valence-corrected chi connectivity index (χ4v) is 2.28. The number of guanidine groups is 1. The summed E-state index contributed by atoms with van der Waals surface area (Å²) in [6, 6.07) is 14.1. The molecule has 2 rings (SSSR count). The molecule has 1 atom stereocenters.